The number of hydrogen-bond donors (Lipinski definition) is 2. The van der Waals surface area contributed by atoms with Gasteiger partial charge < -0.3 is 19.8 Å². The molecule has 1 aliphatic heterocycles. The molecule has 1 aromatic heterocycles. The molecule has 0 atom stereocenters. The SMILES string of the molecule is COc1cc2c(cc1OC)/C(=C/C(=O)c1ccc3[nH]c(C)c(C)c3c1)NCC2. The molecule has 144 valence electrons. The lowest BCUT2D eigenvalue weighted by Gasteiger charge is -2.23. The van der Waals surface area contributed by atoms with Gasteiger partial charge in [0, 0.05) is 46.0 Å². The van der Waals surface area contributed by atoms with Gasteiger partial charge in [0.25, 0.3) is 0 Å². The number of nitrogens with one attached hydrogen (secondary N) is 2. The Morgan fingerprint density at radius 2 is 1.82 bits per heavy atom. The second kappa shape index (κ2) is 7.08. The maximum absolute atomic E-state index is 13.0. The number of carbonyl (C=O) groups is 1. The Hall–Kier alpha value is -3.21. The summed E-state index contributed by atoms with van der Waals surface area (Å²) in [6, 6.07) is 9.73. The lowest BCUT2D eigenvalue weighted by molar-refractivity contribution is 0.104. The predicted octanol–water partition coefficient (Wildman–Crippen LogP) is 4.17. The summed E-state index contributed by atoms with van der Waals surface area (Å²) in [5.41, 5.74) is 6.97. The summed E-state index contributed by atoms with van der Waals surface area (Å²) < 4.78 is 10.8. The van der Waals surface area contributed by atoms with E-state index >= 15 is 0 Å². The van der Waals surface area contributed by atoms with E-state index in [0.29, 0.717) is 17.1 Å². The van der Waals surface area contributed by atoms with Gasteiger partial charge in [-0.2, -0.15) is 0 Å². The summed E-state index contributed by atoms with van der Waals surface area (Å²) in [7, 11) is 3.25. The predicted molar refractivity (Wildman–Crippen MR) is 111 cm³/mol. The highest BCUT2D eigenvalue weighted by molar-refractivity contribution is 6.10. The van der Waals surface area contributed by atoms with Gasteiger partial charge in [0.2, 0.25) is 0 Å². The number of rotatable bonds is 4. The third-order valence-electron chi connectivity index (χ3n) is 5.48. The molecule has 0 saturated carbocycles. The van der Waals surface area contributed by atoms with Gasteiger partial charge in [-0.05, 0) is 61.7 Å². The maximum Gasteiger partial charge on any atom is 0.187 e. The molecule has 0 fully saturated rings. The molecule has 0 unspecified atom stereocenters. The third-order valence-corrected chi connectivity index (χ3v) is 5.48. The summed E-state index contributed by atoms with van der Waals surface area (Å²) in [6.07, 6.45) is 2.55. The lowest BCUT2D eigenvalue weighted by atomic mass is 9.95. The van der Waals surface area contributed by atoms with Crippen molar-refractivity contribution in [2.45, 2.75) is 20.3 Å². The Morgan fingerprint density at radius 3 is 2.57 bits per heavy atom. The van der Waals surface area contributed by atoms with Crippen LogP contribution in [0.4, 0.5) is 0 Å². The fourth-order valence-electron chi connectivity index (χ4n) is 3.76. The normalized spacial score (nSPS) is 14.6. The van der Waals surface area contributed by atoms with Crippen molar-refractivity contribution in [3.63, 3.8) is 0 Å². The highest BCUT2D eigenvalue weighted by atomic mass is 16.5. The molecule has 4 rings (SSSR count). The second-order valence-corrected chi connectivity index (χ2v) is 7.10. The van der Waals surface area contributed by atoms with E-state index in [-0.39, 0.29) is 5.78 Å². The van der Waals surface area contributed by atoms with Gasteiger partial charge in [-0.25, -0.2) is 0 Å². The topological polar surface area (TPSA) is 63.4 Å². The number of fused-ring (bicyclic) bond motifs is 2. The summed E-state index contributed by atoms with van der Waals surface area (Å²) in [4.78, 5) is 16.3. The number of benzene rings is 2. The zero-order valence-corrected chi connectivity index (χ0v) is 16.6. The van der Waals surface area contributed by atoms with Crippen LogP contribution in [0.25, 0.3) is 16.6 Å². The van der Waals surface area contributed by atoms with Crippen LogP contribution < -0.4 is 14.8 Å². The summed E-state index contributed by atoms with van der Waals surface area (Å²) >= 11 is 0. The van der Waals surface area contributed by atoms with Crippen molar-refractivity contribution in [2.75, 3.05) is 20.8 Å². The van der Waals surface area contributed by atoms with E-state index in [0.717, 1.165) is 46.4 Å². The van der Waals surface area contributed by atoms with E-state index in [9.17, 15) is 4.79 Å². The first-order valence-electron chi connectivity index (χ1n) is 9.36. The fraction of sp³-hybridized carbons (Fsp3) is 0.261. The van der Waals surface area contributed by atoms with Crippen LogP contribution in [-0.4, -0.2) is 31.5 Å². The number of aromatic amines is 1. The van der Waals surface area contributed by atoms with Crippen LogP contribution in [0, 0.1) is 13.8 Å². The number of aromatic nitrogens is 1. The van der Waals surface area contributed by atoms with E-state index in [1.165, 1.54) is 5.56 Å². The Bertz CT molecular complexity index is 1110. The van der Waals surface area contributed by atoms with Gasteiger partial charge in [-0.3, -0.25) is 4.79 Å². The van der Waals surface area contributed by atoms with Crippen LogP contribution in [0.15, 0.2) is 36.4 Å². The van der Waals surface area contributed by atoms with Crippen LogP contribution in [0.5, 0.6) is 11.5 Å². The number of ketones is 1. The number of methoxy groups -OCH3 is 2. The lowest BCUT2D eigenvalue weighted by Crippen LogP contribution is -2.23. The summed E-state index contributed by atoms with van der Waals surface area (Å²) in [5.74, 6) is 1.34. The van der Waals surface area contributed by atoms with E-state index in [2.05, 4.69) is 17.2 Å². The molecule has 5 nitrogen and oxygen atoms in total. The molecule has 0 radical (unpaired) electrons. The van der Waals surface area contributed by atoms with Crippen LogP contribution in [0.2, 0.25) is 0 Å². The second-order valence-electron chi connectivity index (χ2n) is 7.10. The van der Waals surface area contributed by atoms with E-state index in [1.807, 2.05) is 37.3 Å². The maximum atomic E-state index is 13.0. The van der Waals surface area contributed by atoms with Crippen molar-refractivity contribution in [1.82, 2.24) is 10.3 Å². The Kier molecular flexibility index (Phi) is 4.59. The molecular weight excluding hydrogens is 352 g/mol. The molecule has 0 saturated heterocycles. The molecular formula is C23H24N2O3. The minimum atomic E-state index is -0.0229. The Morgan fingerprint density at radius 1 is 1.07 bits per heavy atom. The zero-order valence-electron chi connectivity index (χ0n) is 16.6. The highest BCUT2D eigenvalue weighted by Gasteiger charge is 2.19. The van der Waals surface area contributed by atoms with Gasteiger partial charge in [-0.1, -0.05) is 0 Å². The Balaban J connectivity index is 1.74. The van der Waals surface area contributed by atoms with Gasteiger partial charge in [0.1, 0.15) is 0 Å². The number of allylic oxidation sites excluding steroid dienone is 1. The van der Waals surface area contributed by atoms with Gasteiger partial charge in [0.05, 0.1) is 14.2 Å². The molecule has 5 heteroatoms. The van der Waals surface area contributed by atoms with Crippen LogP contribution in [-0.2, 0) is 6.42 Å². The van der Waals surface area contributed by atoms with Gasteiger partial charge >= 0.3 is 0 Å². The van der Waals surface area contributed by atoms with Crippen LogP contribution in [0.3, 0.4) is 0 Å². The van der Waals surface area contributed by atoms with Crippen LogP contribution >= 0.6 is 0 Å². The quantitative estimate of drug-likeness (QED) is 0.530. The van der Waals surface area contributed by atoms with Crippen LogP contribution in [0.1, 0.15) is 32.7 Å². The minimum Gasteiger partial charge on any atom is -0.493 e. The van der Waals surface area contributed by atoms with Crippen molar-refractivity contribution in [3.05, 3.63) is 64.4 Å². The number of ether oxygens (including phenoxy) is 2. The fourth-order valence-corrected chi connectivity index (χ4v) is 3.76. The molecule has 0 amide bonds. The van der Waals surface area contributed by atoms with Crippen molar-refractivity contribution in [2.24, 2.45) is 0 Å². The molecule has 28 heavy (non-hydrogen) atoms. The van der Waals surface area contributed by atoms with Gasteiger partial charge in [0.15, 0.2) is 17.3 Å². The number of aryl methyl sites for hydroxylation is 2. The van der Waals surface area contributed by atoms with Crippen molar-refractivity contribution >= 4 is 22.4 Å². The summed E-state index contributed by atoms with van der Waals surface area (Å²) in [5, 5.41) is 4.44. The Labute approximate surface area is 164 Å². The molecule has 3 aromatic rings. The molecule has 2 N–H and O–H groups in total. The van der Waals surface area contributed by atoms with Gasteiger partial charge in [-0.15, -0.1) is 0 Å². The molecule has 2 aromatic carbocycles. The minimum absolute atomic E-state index is 0.0229. The summed E-state index contributed by atoms with van der Waals surface area (Å²) in [6.45, 7) is 4.89. The van der Waals surface area contributed by atoms with Crippen molar-refractivity contribution in [3.8, 4) is 11.5 Å². The molecule has 0 spiro atoms. The van der Waals surface area contributed by atoms with E-state index in [1.54, 1.807) is 20.3 Å². The first-order valence-corrected chi connectivity index (χ1v) is 9.36. The molecule has 2 heterocycles. The number of H-pyrrole nitrogens is 1. The molecule has 0 bridgehead atoms. The third kappa shape index (κ3) is 3.03. The largest absolute Gasteiger partial charge is 0.493 e. The highest BCUT2D eigenvalue weighted by Crippen LogP contribution is 2.35. The van der Waals surface area contributed by atoms with Crippen molar-refractivity contribution in [1.29, 1.82) is 0 Å². The smallest absolute Gasteiger partial charge is 0.187 e. The zero-order chi connectivity index (χ0) is 19.8. The first-order chi connectivity index (χ1) is 13.5. The van der Waals surface area contributed by atoms with Crippen molar-refractivity contribution < 1.29 is 14.3 Å². The average molecular weight is 376 g/mol. The molecule has 0 aliphatic carbocycles. The standard InChI is InChI=1S/C23H24N2O3/c1-13-14(2)25-19-6-5-16(9-17(13)19)21(26)12-20-18-11-23(28-4)22(27-3)10-15(18)7-8-24-20/h5-6,9-12,24-25H,7-8H2,1-4H3/b20-12-. The average Bonchev–Trinajstić information content (AvgIpc) is 3.00. The molecule has 1 aliphatic rings. The van der Waals surface area contributed by atoms with E-state index < -0.39 is 0 Å². The number of carbonyl (C=O) groups excluding carboxylic acids is 1. The monoisotopic (exact) mass is 376 g/mol. The first kappa shape index (κ1) is 18.2. The van der Waals surface area contributed by atoms with E-state index in [4.69, 9.17) is 9.47 Å². The number of hydrogen-bond acceptors (Lipinski definition) is 4.